The minimum atomic E-state index is -0.671. The van der Waals surface area contributed by atoms with Crippen molar-refractivity contribution in [1.82, 2.24) is 14.9 Å². The van der Waals surface area contributed by atoms with Crippen molar-refractivity contribution in [3.8, 4) is 10.6 Å². The van der Waals surface area contributed by atoms with Crippen LogP contribution in [-0.2, 0) is 11.3 Å². The summed E-state index contributed by atoms with van der Waals surface area (Å²) in [6.07, 6.45) is 3.32. The third-order valence-electron chi connectivity index (χ3n) is 5.82. The van der Waals surface area contributed by atoms with Gasteiger partial charge in [0, 0.05) is 29.4 Å². The summed E-state index contributed by atoms with van der Waals surface area (Å²) >= 11 is 2.75. The van der Waals surface area contributed by atoms with Gasteiger partial charge in [0.15, 0.2) is 5.76 Å². The molecule has 170 valence electrons. The van der Waals surface area contributed by atoms with Gasteiger partial charge in [-0.15, -0.1) is 22.7 Å². The fourth-order valence-electron chi connectivity index (χ4n) is 4.10. The van der Waals surface area contributed by atoms with E-state index in [-0.39, 0.29) is 17.9 Å². The van der Waals surface area contributed by atoms with Gasteiger partial charge in [-0.3, -0.25) is 14.6 Å². The molecule has 5 rings (SSSR count). The van der Waals surface area contributed by atoms with Gasteiger partial charge in [0.05, 0.1) is 16.1 Å². The third-order valence-corrected chi connectivity index (χ3v) is 8.10. The first-order chi connectivity index (χ1) is 16.5. The molecule has 0 saturated heterocycles. The van der Waals surface area contributed by atoms with Crippen LogP contribution in [0.25, 0.3) is 10.6 Å². The summed E-state index contributed by atoms with van der Waals surface area (Å²) in [5, 5.41) is 13.6. The Hall–Kier alpha value is -3.62. The van der Waals surface area contributed by atoms with Crippen LogP contribution in [0.4, 0.5) is 0 Å². The van der Waals surface area contributed by atoms with Gasteiger partial charge in [-0.1, -0.05) is 30.3 Å². The number of aliphatic hydroxyl groups excluding tert-OH is 1. The third kappa shape index (κ3) is 3.85. The molecule has 8 heteroatoms. The highest BCUT2D eigenvalue weighted by Gasteiger charge is 2.45. The molecule has 1 aromatic carbocycles. The fourth-order valence-corrected chi connectivity index (χ4v) is 6.18. The van der Waals surface area contributed by atoms with E-state index in [4.69, 9.17) is 0 Å². The summed E-state index contributed by atoms with van der Waals surface area (Å²) in [6, 6.07) is 14.6. The molecule has 0 bridgehead atoms. The second kappa shape index (κ2) is 8.96. The lowest BCUT2D eigenvalue weighted by Crippen LogP contribution is -2.30. The Morgan fingerprint density at radius 3 is 2.50 bits per heavy atom. The van der Waals surface area contributed by atoms with E-state index >= 15 is 0 Å². The summed E-state index contributed by atoms with van der Waals surface area (Å²) in [6.45, 7) is 3.98. The molecule has 1 amide bonds. The zero-order valence-electron chi connectivity index (χ0n) is 18.6. The van der Waals surface area contributed by atoms with E-state index in [9.17, 15) is 14.7 Å². The number of rotatable bonds is 6. The number of nitrogens with zero attached hydrogens (tertiary/aromatic N) is 3. The molecule has 1 N–H and O–H groups in total. The largest absolute Gasteiger partial charge is 0.503 e. The Bertz CT molecular complexity index is 1410. The smallest absolute Gasteiger partial charge is 0.290 e. The van der Waals surface area contributed by atoms with Gasteiger partial charge >= 0.3 is 0 Å². The number of thiazole rings is 1. The van der Waals surface area contributed by atoms with Crippen molar-refractivity contribution in [2.75, 3.05) is 0 Å². The minimum absolute atomic E-state index is 0.107. The molecule has 0 radical (unpaired) electrons. The second-order valence-electron chi connectivity index (χ2n) is 8.05. The number of Topliss-reactive ketones (excluding diaryl/α,β-unsaturated/α-hetero) is 1. The molecule has 4 heterocycles. The molecule has 6 nitrogen and oxygen atoms in total. The maximum absolute atomic E-state index is 13.9. The lowest BCUT2D eigenvalue weighted by atomic mass is 9.98. The summed E-state index contributed by atoms with van der Waals surface area (Å²) in [5.41, 5.74) is 3.44. The number of amides is 1. The predicted octanol–water partition coefficient (Wildman–Crippen LogP) is 5.66. The molecule has 1 aliphatic heterocycles. The summed E-state index contributed by atoms with van der Waals surface area (Å²) in [4.78, 5) is 38.6. The van der Waals surface area contributed by atoms with Gasteiger partial charge in [0.25, 0.3) is 5.91 Å². The predicted molar refractivity (Wildman–Crippen MR) is 133 cm³/mol. The number of aliphatic hydroxyl groups is 1. The molecule has 0 aliphatic carbocycles. The van der Waals surface area contributed by atoms with Crippen LogP contribution in [0.3, 0.4) is 0 Å². The van der Waals surface area contributed by atoms with E-state index in [0.717, 1.165) is 26.6 Å². The molecule has 1 unspecified atom stereocenters. The van der Waals surface area contributed by atoms with Crippen LogP contribution < -0.4 is 0 Å². The number of carbonyl (C=O) groups is 2. The monoisotopic (exact) mass is 487 g/mol. The van der Waals surface area contributed by atoms with E-state index in [1.54, 1.807) is 24.2 Å². The number of hydrogen-bond donors (Lipinski definition) is 1. The highest BCUT2D eigenvalue weighted by Crippen LogP contribution is 2.44. The Morgan fingerprint density at radius 1 is 1.09 bits per heavy atom. The van der Waals surface area contributed by atoms with Crippen LogP contribution in [0.15, 0.2) is 77.6 Å². The molecule has 3 aromatic heterocycles. The van der Waals surface area contributed by atoms with Gasteiger partial charge in [-0.2, -0.15) is 0 Å². The van der Waals surface area contributed by atoms with Crippen LogP contribution in [0.2, 0.25) is 0 Å². The van der Waals surface area contributed by atoms with Gasteiger partial charge in [-0.05, 0) is 48.6 Å². The molecular formula is C26H21N3O3S2. The van der Waals surface area contributed by atoms with Gasteiger partial charge in [0.1, 0.15) is 11.0 Å². The maximum Gasteiger partial charge on any atom is 0.290 e. The summed E-state index contributed by atoms with van der Waals surface area (Å²) in [7, 11) is 0. The Morgan fingerprint density at radius 2 is 1.82 bits per heavy atom. The van der Waals surface area contributed by atoms with Crippen LogP contribution in [-0.4, -0.2) is 31.7 Å². The van der Waals surface area contributed by atoms with E-state index in [1.165, 1.54) is 22.7 Å². The minimum Gasteiger partial charge on any atom is -0.503 e. The topological polar surface area (TPSA) is 83.4 Å². The Kier molecular flexibility index (Phi) is 5.85. The SMILES string of the molecule is Cc1ccsc1C1C(C(=O)c2sc(-c3ccccc3)nc2C)=C(O)C(=O)N1Cc1ccncc1. The Balaban J connectivity index is 1.58. The zero-order chi connectivity index (χ0) is 23.8. The number of carbonyl (C=O) groups excluding carboxylic acids is 2. The van der Waals surface area contributed by atoms with Crippen molar-refractivity contribution in [3.05, 3.63) is 104 Å². The highest BCUT2D eigenvalue weighted by atomic mass is 32.1. The number of ketones is 1. The highest BCUT2D eigenvalue weighted by molar-refractivity contribution is 7.17. The number of hydrogen-bond acceptors (Lipinski definition) is 7. The molecule has 1 aliphatic rings. The lowest BCUT2D eigenvalue weighted by molar-refractivity contribution is -0.130. The lowest BCUT2D eigenvalue weighted by Gasteiger charge is -2.26. The van der Waals surface area contributed by atoms with E-state index in [1.807, 2.05) is 60.8 Å². The van der Waals surface area contributed by atoms with Crippen molar-refractivity contribution < 1.29 is 14.7 Å². The number of thiophene rings is 1. The second-order valence-corrected chi connectivity index (χ2v) is 10.00. The van der Waals surface area contributed by atoms with Crippen LogP contribution in [0, 0.1) is 13.8 Å². The van der Waals surface area contributed by atoms with Crippen LogP contribution in [0.5, 0.6) is 0 Å². The number of aromatic nitrogens is 2. The zero-order valence-corrected chi connectivity index (χ0v) is 20.2. The van der Waals surface area contributed by atoms with Gasteiger partial charge in [-0.25, -0.2) is 4.98 Å². The molecule has 0 fully saturated rings. The average Bonchev–Trinajstić information content (AvgIpc) is 3.52. The summed E-state index contributed by atoms with van der Waals surface area (Å²) in [5.74, 6) is -1.41. The average molecular weight is 488 g/mol. The number of aryl methyl sites for hydroxylation is 2. The maximum atomic E-state index is 13.9. The van der Waals surface area contributed by atoms with Crippen molar-refractivity contribution in [2.45, 2.75) is 26.4 Å². The molecule has 4 aromatic rings. The molecule has 1 atom stereocenters. The fraction of sp³-hybridized carbons (Fsp3) is 0.154. The van der Waals surface area contributed by atoms with E-state index in [0.29, 0.717) is 10.6 Å². The van der Waals surface area contributed by atoms with Crippen molar-refractivity contribution >= 4 is 34.4 Å². The van der Waals surface area contributed by atoms with Crippen LogP contribution >= 0.6 is 22.7 Å². The van der Waals surface area contributed by atoms with E-state index in [2.05, 4.69) is 9.97 Å². The number of benzene rings is 1. The first-order valence-corrected chi connectivity index (χ1v) is 12.4. The first-order valence-electron chi connectivity index (χ1n) is 10.7. The van der Waals surface area contributed by atoms with Crippen molar-refractivity contribution in [1.29, 1.82) is 0 Å². The molecular weight excluding hydrogens is 466 g/mol. The molecule has 0 saturated carbocycles. The first kappa shape index (κ1) is 22.2. The number of pyridine rings is 1. The molecule has 0 spiro atoms. The standard InChI is InChI=1S/C26H21N3O3S2/c1-15-10-13-33-23(15)20-19(22(31)26(32)29(20)14-17-8-11-27-12-9-17)21(30)24-16(2)28-25(34-24)18-6-4-3-5-7-18/h3-13,20,31H,14H2,1-2H3. The molecule has 34 heavy (non-hydrogen) atoms. The van der Waals surface area contributed by atoms with Crippen LogP contribution in [0.1, 0.15) is 37.4 Å². The summed E-state index contributed by atoms with van der Waals surface area (Å²) < 4.78 is 0. The van der Waals surface area contributed by atoms with Crippen molar-refractivity contribution in [2.24, 2.45) is 0 Å². The van der Waals surface area contributed by atoms with E-state index < -0.39 is 17.7 Å². The van der Waals surface area contributed by atoms with Gasteiger partial charge < -0.3 is 10.0 Å². The van der Waals surface area contributed by atoms with Crippen molar-refractivity contribution in [3.63, 3.8) is 0 Å². The normalized spacial score (nSPS) is 15.9. The Labute approximate surface area is 204 Å². The quantitative estimate of drug-likeness (QED) is 0.355. The van der Waals surface area contributed by atoms with Gasteiger partial charge in [0.2, 0.25) is 5.78 Å².